The Labute approximate surface area is 402 Å². The molecule has 0 aliphatic carbocycles. The zero-order chi connectivity index (χ0) is 48.5. The highest BCUT2D eigenvalue weighted by Gasteiger charge is 2.44. The Kier molecular flexibility index (Phi) is 24.1. The molecule has 65 heavy (non-hydrogen) atoms. The number of aliphatic hydroxyl groups is 3. The number of aromatic nitrogens is 1. The Morgan fingerprint density at radius 1 is 1.08 bits per heavy atom. The van der Waals surface area contributed by atoms with Crippen LogP contribution >= 0.6 is 44.7 Å². The van der Waals surface area contributed by atoms with E-state index in [9.17, 15) is 39.3 Å². The summed E-state index contributed by atoms with van der Waals surface area (Å²) in [6, 6.07) is -1.13. The average molecular weight is 989 g/mol. The van der Waals surface area contributed by atoms with Gasteiger partial charge in [0.2, 0.25) is 11.8 Å². The van der Waals surface area contributed by atoms with Gasteiger partial charge in [-0.1, -0.05) is 83.4 Å². The first-order valence-corrected chi connectivity index (χ1v) is 27.4. The molecule has 15 nitrogen and oxygen atoms in total. The summed E-state index contributed by atoms with van der Waals surface area (Å²) in [6.45, 7) is 19.7. The number of hydrogen-bond donors (Lipinski definition) is 6. The molecule has 2 saturated heterocycles. The number of aliphatic hydroxyl groups excluding tert-OH is 3. The average Bonchev–Trinajstić information content (AvgIpc) is 3.66. The molecule has 3 rings (SSSR count). The first-order chi connectivity index (χ1) is 30.5. The molecule has 0 bridgehead atoms. The van der Waals surface area contributed by atoms with E-state index in [1.165, 1.54) is 33.3 Å². The van der Waals surface area contributed by atoms with Gasteiger partial charge in [-0.25, -0.2) is 14.6 Å². The van der Waals surface area contributed by atoms with Gasteiger partial charge in [-0.2, -0.15) is 11.8 Å². The maximum Gasteiger partial charge on any atom is 0.407 e. The molecule has 10 atom stereocenters. The van der Waals surface area contributed by atoms with Crippen LogP contribution in [0.1, 0.15) is 124 Å². The SMILES string of the molecule is CCC(=O)N[C@H](CSCC1CCC(O)C(O)O1)C(=O)OCCSSCCNC(=O)O[C@H]1[C@@H](C)CCCC(C)(C)[C@@H](C)C[C@@H](/C(C)=C/c2csc(C)n2)NC(=O)C[C@H](O)C(C)(C)C(=O)[C@@H]1C. The van der Waals surface area contributed by atoms with E-state index in [2.05, 4.69) is 41.7 Å². The molecule has 370 valence electrons. The predicted octanol–water partition coefficient (Wildman–Crippen LogP) is 6.70. The van der Waals surface area contributed by atoms with Crippen LogP contribution in [-0.4, -0.2) is 129 Å². The number of thiazole rings is 1. The van der Waals surface area contributed by atoms with E-state index in [0.717, 1.165) is 29.1 Å². The number of esters is 1. The van der Waals surface area contributed by atoms with E-state index in [1.807, 2.05) is 32.2 Å². The second kappa shape index (κ2) is 27.6. The van der Waals surface area contributed by atoms with Crippen molar-refractivity contribution in [1.29, 1.82) is 0 Å². The summed E-state index contributed by atoms with van der Waals surface area (Å²) < 4.78 is 16.9. The van der Waals surface area contributed by atoms with Gasteiger partial charge in [0.25, 0.3) is 0 Å². The summed E-state index contributed by atoms with van der Waals surface area (Å²) in [7, 11) is 2.95. The van der Waals surface area contributed by atoms with E-state index < -0.39 is 54.0 Å². The number of amides is 3. The topological polar surface area (TPSA) is 223 Å². The number of carbonyl (C=O) groups is 5. The Hall–Kier alpha value is -2.39. The van der Waals surface area contributed by atoms with Crippen molar-refractivity contribution < 1.29 is 53.5 Å². The maximum absolute atomic E-state index is 14.2. The Bertz CT molecular complexity index is 1730. The minimum atomic E-state index is -1.31. The normalized spacial score (nSPS) is 28.7. The van der Waals surface area contributed by atoms with Crippen LogP contribution in [0, 0.1) is 35.5 Å². The Morgan fingerprint density at radius 2 is 1.78 bits per heavy atom. The van der Waals surface area contributed by atoms with Crippen LogP contribution in [0.25, 0.3) is 6.08 Å². The molecule has 0 radical (unpaired) electrons. The van der Waals surface area contributed by atoms with Gasteiger partial charge in [0.1, 0.15) is 30.6 Å². The van der Waals surface area contributed by atoms with Gasteiger partial charge in [-0.3, -0.25) is 14.4 Å². The van der Waals surface area contributed by atoms with Crippen molar-refractivity contribution >= 4 is 80.4 Å². The number of nitrogens with one attached hydrogen (secondary N) is 3. The lowest BCUT2D eigenvalue weighted by atomic mass is 9.70. The van der Waals surface area contributed by atoms with Crippen molar-refractivity contribution in [3.8, 4) is 0 Å². The zero-order valence-electron chi connectivity index (χ0n) is 40.0. The summed E-state index contributed by atoms with van der Waals surface area (Å²) in [6.07, 6.45) is 0.953. The van der Waals surface area contributed by atoms with Crippen LogP contribution in [0.3, 0.4) is 0 Å². The molecule has 3 unspecified atom stereocenters. The molecule has 2 fully saturated rings. The van der Waals surface area contributed by atoms with Gasteiger partial charge in [0.15, 0.2) is 6.29 Å². The van der Waals surface area contributed by atoms with Crippen molar-refractivity contribution in [3.63, 3.8) is 0 Å². The number of ether oxygens (including phenoxy) is 3. The minimum Gasteiger partial charge on any atom is -0.463 e. The van der Waals surface area contributed by atoms with E-state index in [1.54, 1.807) is 39.0 Å². The van der Waals surface area contributed by atoms with Crippen LogP contribution in [0.15, 0.2) is 11.0 Å². The van der Waals surface area contributed by atoms with E-state index >= 15 is 0 Å². The van der Waals surface area contributed by atoms with Gasteiger partial charge in [0, 0.05) is 41.4 Å². The number of Topliss-reactive ketones (excluding diaryl/α,β-unsaturated/α-hetero) is 1. The molecule has 1 aromatic rings. The van der Waals surface area contributed by atoms with Crippen molar-refractivity contribution in [2.24, 2.45) is 28.6 Å². The first kappa shape index (κ1) is 56.9. The molecular formula is C46H76N4O11S4. The molecule has 2 aliphatic heterocycles. The second-order valence-electron chi connectivity index (χ2n) is 18.8. The number of nitrogens with zero attached hydrogens (tertiary/aromatic N) is 1. The fourth-order valence-electron chi connectivity index (χ4n) is 7.91. The number of hydrogen-bond acceptors (Lipinski definition) is 16. The van der Waals surface area contributed by atoms with E-state index in [4.69, 9.17) is 14.2 Å². The molecule has 0 saturated carbocycles. The maximum atomic E-state index is 14.2. The molecule has 19 heteroatoms. The summed E-state index contributed by atoms with van der Waals surface area (Å²) in [5.74, 6) is -0.443. The Balaban J connectivity index is 1.53. The Morgan fingerprint density at radius 3 is 2.45 bits per heavy atom. The quantitative estimate of drug-likeness (QED) is 0.0543. The van der Waals surface area contributed by atoms with Gasteiger partial charge < -0.3 is 45.5 Å². The molecule has 0 aromatic carbocycles. The van der Waals surface area contributed by atoms with Gasteiger partial charge in [-0.15, -0.1) is 11.3 Å². The highest BCUT2D eigenvalue weighted by Crippen LogP contribution is 2.39. The molecular weight excluding hydrogens is 913 g/mol. The largest absolute Gasteiger partial charge is 0.463 e. The highest BCUT2D eigenvalue weighted by molar-refractivity contribution is 8.76. The summed E-state index contributed by atoms with van der Waals surface area (Å²) in [5, 5.41) is 42.5. The van der Waals surface area contributed by atoms with E-state index in [0.29, 0.717) is 42.9 Å². The second-order valence-corrected chi connectivity index (χ2v) is 23.6. The van der Waals surface area contributed by atoms with Gasteiger partial charge >= 0.3 is 12.1 Å². The third kappa shape index (κ3) is 18.9. The lowest BCUT2D eigenvalue weighted by Crippen LogP contribution is -2.49. The standard InChI is InChI=1S/C46H76N4O11S4/c1-11-38(53)50-35(26-62-25-33-14-15-36(51)43(57)60-33)42(56)59-18-20-65-64-19-17-47-44(58)61-40-27(2)13-12-16-45(7,8)29(4)22-34(28(3)21-32-24-63-31(6)48-32)49-39(54)23-37(52)46(9,10)41(55)30(40)5/h21,24,27,29-30,33-37,40,43,51-52,57H,11-20,22-23,25-26H2,1-10H3,(H,47,58)(H,49,54)(H,50,53)/b28-21+/t27-,29-,30+,33?,34-,35+,36?,37-,40-,43?/m0/s1. The minimum absolute atomic E-state index is 0.0943. The number of carbonyl (C=O) groups excluding carboxylic acids is 5. The first-order valence-electron chi connectivity index (χ1n) is 22.9. The van der Waals surface area contributed by atoms with Gasteiger partial charge in [-0.05, 0) is 74.9 Å². The number of ketones is 1. The van der Waals surface area contributed by atoms with Crippen LogP contribution in [0.5, 0.6) is 0 Å². The zero-order valence-corrected chi connectivity index (χ0v) is 43.3. The fourth-order valence-corrected chi connectivity index (χ4v) is 11.3. The third-order valence-corrected chi connectivity index (χ3v) is 17.1. The van der Waals surface area contributed by atoms with Crippen LogP contribution < -0.4 is 16.0 Å². The molecule has 1 aromatic heterocycles. The number of rotatable bonds is 17. The molecule has 3 heterocycles. The smallest absolute Gasteiger partial charge is 0.407 e. The van der Waals surface area contributed by atoms with Gasteiger partial charge in [0.05, 0.1) is 46.7 Å². The fraction of sp³-hybridized carbons (Fsp3) is 0.783. The molecule has 6 N–H and O–H groups in total. The summed E-state index contributed by atoms with van der Waals surface area (Å²) in [5.41, 5.74) is 0.407. The number of alkyl carbamates (subject to hydrolysis) is 1. The van der Waals surface area contributed by atoms with E-state index in [-0.39, 0.29) is 78.7 Å². The molecule has 2 aliphatic rings. The van der Waals surface area contributed by atoms with Crippen molar-refractivity contribution in [2.45, 2.75) is 163 Å². The van der Waals surface area contributed by atoms with Crippen molar-refractivity contribution in [2.75, 3.05) is 36.2 Å². The van der Waals surface area contributed by atoms with Crippen molar-refractivity contribution in [1.82, 2.24) is 20.9 Å². The lowest BCUT2D eigenvalue weighted by molar-refractivity contribution is -0.209. The molecule has 0 spiro atoms. The van der Waals surface area contributed by atoms with Crippen LogP contribution in [0.4, 0.5) is 4.79 Å². The van der Waals surface area contributed by atoms with Crippen molar-refractivity contribution in [3.05, 3.63) is 21.7 Å². The number of thioether (sulfide) groups is 1. The lowest BCUT2D eigenvalue weighted by Gasteiger charge is -2.38. The number of aryl methyl sites for hydroxylation is 1. The predicted molar refractivity (Wildman–Crippen MR) is 261 cm³/mol. The highest BCUT2D eigenvalue weighted by atomic mass is 33.1. The summed E-state index contributed by atoms with van der Waals surface area (Å²) >= 11 is 2.97. The third-order valence-electron chi connectivity index (χ3n) is 12.8. The van der Waals surface area contributed by atoms with Crippen LogP contribution in [-0.2, 0) is 33.4 Å². The van der Waals surface area contributed by atoms with Crippen LogP contribution in [0.2, 0.25) is 0 Å². The molecule has 3 amide bonds. The summed E-state index contributed by atoms with van der Waals surface area (Å²) in [4.78, 5) is 70.6. The monoisotopic (exact) mass is 988 g/mol.